The van der Waals surface area contributed by atoms with Crippen LogP contribution < -0.4 is 4.72 Å². The Morgan fingerprint density at radius 2 is 1.63 bits per heavy atom. The van der Waals surface area contributed by atoms with Gasteiger partial charge in [-0.15, -0.1) is 0 Å². The van der Waals surface area contributed by atoms with Crippen molar-refractivity contribution in [3.05, 3.63) is 72.6 Å². The van der Waals surface area contributed by atoms with Gasteiger partial charge in [0, 0.05) is 17.5 Å². The highest BCUT2D eigenvalue weighted by Crippen LogP contribution is 2.20. The van der Waals surface area contributed by atoms with Gasteiger partial charge in [0.05, 0.1) is 10.6 Å². The van der Waals surface area contributed by atoms with E-state index >= 15 is 0 Å². The number of alkyl halides is 3. The Morgan fingerprint density at radius 1 is 1.00 bits per heavy atom. The number of hydrogen-bond acceptors (Lipinski definition) is 5. The van der Waals surface area contributed by atoms with Crippen LogP contribution in [0, 0.1) is 6.92 Å². The Hall–Kier alpha value is -3.47. The van der Waals surface area contributed by atoms with Gasteiger partial charge in [-0.25, -0.2) is 18.2 Å². The largest absolute Gasteiger partial charge is 0.490 e. The molecule has 30 heavy (non-hydrogen) atoms. The van der Waals surface area contributed by atoms with Crippen LogP contribution in [-0.2, 0) is 14.8 Å². The zero-order valence-electron chi connectivity index (χ0n) is 15.5. The Kier molecular flexibility index (Phi) is 7.11. The second-order valence-electron chi connectivity index (χ2n) is 5.81. The summed E-state index contributed by atoms with van der Waals surface area (Å²) in [6.07, 6.45) is -3.38. The van der Waals surface area contributed by atoms with Gasteiger partial charge in [-0.3, -0.25) is 9.71 Å². The first-order valence-electron chi connectivity index (χ1n) is 8.27. The summed E-state index contributed by atoms with van der Waals surface area (Å²) in [6.45, 7) is 1.81. The van der Waals surface area contributed by atoms with Gasteiger partial charge in [-0.2, -0.15) is 13.2 Å². The van der Waals surface area contributed by atoms with E-state index in [1.54, 1.807) is 55.6 Å². The first-order valence-corrected chi connectivity index (χ1v) is 9.75. The number of benzene rings is 1. The van der Waals surface area contributed by atoms with Crippen LogP contribution in [0.2, 0.25) is 0 Å². The third-order valence-electron chi connectivity index (χ3n) is 3.50. The molecule has 158 valence electrons. The number of sulfonamides is 1. The standard InChI is InChI=1S/C17H15N3O2S.C2HF3O2/c1-13-5-4-7-17(19-13)20-23(21,22)15-10-8-14(9-11-15)16-6-2-3-12-18-16;3-2(4,5)1(6)7/h2-12H,1H3,(H,19,20);(H,6,7). The molecule has 0 unspecified atom stereocenters. The Bertz CT molecular complexity index is 1100. The molecule has 0 fully saturated rings. The van der Waals surface area contributed by atoms with Gasteiger partial charge in [0.15, 0.2) is 0 Å². The highest BCUT2D eigenvalue weighted by Gasteiger charge is 2.38. The molecule has 0 bridgehead atoms. The minimum Gasteiger partial charge on any atom is -0.475 e. The summed E-state index contributed by atoms with van der Waals surface area (Å²) in [4.78, 5) is 17.5. The molecule has 11 heteroatoms. The Labute approximate surface area is 170 Å². The minimum atomic E-state index is -5.08. The summed E-state index contributed by atoms with van der Waals surface area (Å²) in [6, 6.07) is 17.4. The summed E-state index contributed by atoms with van der Waals surface area (Å²) in [7, 11) is -3.66. The van der Waals surface area contributed by atoms with E-state index in [2.05, 4.69) is 14.7 Å². The van der Waals surface area contributed by atoms with E-state index in [0.717, 1.165) is 17.0 Å². The van der Waals surface area contributed by atoms with Gasteiger partial charge in [-0.05, 0) is 43.3 Å². The van der Waals surface area contributed by atoms with Crippen molar-refractivity contribution in [1.82, 2.24) is 9.97 Å². The lowest BCUT2D eigenvalue weighted by Crippen LogP contribution is -2.21. The van der Waals surface area contributed by atoms with Crippen LogP contribution in [0.15, 0.2) is 71.8 Å². The number of aryl methyl sites for hydroxylation is 1. The predicted molar refractivity (Wildman–Crippen MR) is 103 cm³/mol. The maximum atomic E-state index is 12.4. The lowest BCUT2D eigenvalue weighted by Gasteiger charge is -2.08. The van der Waals surface area contributed by atoms with Gasteiger partial charge in [0.25, 0.3) is 10.0 Å². The van der Waals surface area contributed by atoms with Crippen molar-refractivity contribution in [3.8, 4) is 11.3 Å². The third-order valence-corrected chi connectivity index (χ3v) is 4.87. The average molecular weight is 439 g/mol. The minimum absolute atomic E-state index is 0.181. The number of nitrogens with one attached hydrogen (secondary N) is 1. The maximum Gasteiger partial charge on any atom is 0.490 e. The number of nitrogens with zero attached hydrogens (tertiary/aromatic N) is 2. The summed E-state index contributed by atoms with van der Waals surface area (Å²) < 4.78 is 59.0. The van der Waals surface area contributed by atoms with Crippen LogP contribution in [0.1, 0.15) is 5.69 Å². The van der Waals surface area contributed by atoms with E-state index in [0.29, 0.717) is 5.82 Å². The van der Waals surface area contributed by atoms with E-state index in [-0.39, 0.29) is 4.90 Å². The zero-order valence-corrected chi connectivity index (χ0v) is 16.3. The number of pyridine rings is 2. The first kappa shape index (κ1) is 22.8. The number of carboxylic acid groups (broad SMARTS) is 1. The van der Waals surface area contributed by atoms with Gasteiger partial charge in [0.2, 0.25) is 0 Å². The molecule has 2 aromatic heterocycles. The summed E-state index contributed by atoms with van der Waals surface area (Å²) >= 11 is 0. The molecule has 2 N–H and O–H groups in total. The molecule has 3 rings (SSSR count). The van der Waals surface area contributed by atoms with Crippen LogP contribution in [0.25, 0.3) is 11.3 Å². The molecular weight excluding hydrogens is 423 g/mol. The van der Waals surface area contributed by atoms with Crippen molar-refractivity contribution in [3.63, 3.8) is 0 Å². The van der Waals surface area contributed by atoms with Crippen LogP contribution in [0.3, 0.4) is 0 Å². The fourth-order valence-electron chi connectivity index (χ4n) is 2.13. The van der Waals surface area contributed by atoms with E-state index in [1.165, 1.54) is 0 Å². The van der Waals surface area contributed by atoms with Gasteiger partial charge in [0.1, 0.15) is 5.82 Å². The number of aliphatic carboxylic acids is 1. The van der Waals surface area contributed by atoms with Crippen molar-refractivity contribution in [2.24, 2.45) is 0 Å². The average Bonchev–Trinajstić information content (AvgIpc) is 2.68. The predicted octanol–water partition coefficient (Wildman–Crippen LogP) is 3.89. The number of anilines is 1. The molecule has 0 saturated carbocycles. The Morgan fingerprint density at radius 3 is 2.13 bits per heavy atom. The van der Waals surface area contributed by atoms with Crippen LogP contribution in [0.4, 0.5) is 19.0 Å². The highest BCUT2D eigenvalue weighted by atomic mass is 32.2. The normalized spacial score (nSPS) is 11.2. The maximum absolute atomic E-state index is 12.4. The smallest absolute Gasteiger partial charge is 0.475 e. The number of hydrogen-bond donors (Lipinski definition) is 2. The molecule has 0 amide bonds. The molecule has 0 aliphatic heterocycles. The topological polar surface area (TPSA) is 109 Å². The molecule has 0 radical (unpaired) electrons. The Balaban J connectivity index is 0.000000396. The number of aromatic nitrogens is 2. The molecule has 7 nitrogen and oxygen atoms in total. The van der Waals surface area contributed by atoms with Gasteiger partial charge in [-0.1, -0.05) is 24.3 Å². The molecule has 0 saturated heterocycles. The van der Waals surface area contributed by atoms with Crippen molar-refractivity contribution >= 4 is 21.8 Å². The molecular formula is C19H16F3N3O4S. The molecule has 1 aromatic carbocycles. The van der Waals surface area contributed by atoms with Gasteiger partial charge < -0.3 is 5.11 Å². The summed E-state index contributed by atoms with van der Waals surface area (Å²) in [5.41, 5.74) is 2.40. The van der Waals surface area contributed by atoms with Crippen molar-refractivity contribution in [2.45, 2.75) is 18.0 Å². The summed E-state index contributed by atoms with van der Waals surface area (Å²) in [5.74, 6) is -2.45. The lowest BCUT2D eigenvalue weighted by atomic mass is 10.1. The molecule has 0 atom stereocenters. The SMILES string of the molecule is Cc1cccc(NS(=O)(=O)c2ccc(-c3ccccn3)cc2)n1.O=C(O)C(F)(F)F. The lowest BCUT2D eigenvalue weighted by molar-refractivity contribution is -0.192. The fourth-order valence-corrected chi connectivity index (χ4v) is 3.14. The second-order valence-corrected chi connectivity index (χ2v) is 7.49. The van der Waals surface area contributed by atoms with Gasteiger partial charge >= 0.3 is 12.1 Å². The second kappa shape index (κ2) is 9.35. The molecule has 0 spiro atoms. The van der Waals surface area contributed by atoms with E-state index < -0.39 is 22.2 Å². The van der Waals surface area contributed by atoms with Crippen LogP contribution >= 0.6 is 0 Å². The number of carbonyl (C=O) groups is 1. The van der Waals surface area contributed by atoms with Crippen molar-refractivity contribution in [2.75, 3.05) is 4.72 Å². The van der Waals surface area contributed by atoms with E-state index in [9.17, 15) is 21.6 Å². The van der Waals surface area contributed by atoms with Crippen LogP contribution in [0.5, 0.6) is 0 Å². The van der Waals surface area contributed by atoms with Crippen molar-refractivity contribution < 1.29 is 31.5 Å². The number of rotatable bonds is 4. The van der Waals surface area contributed by atoms with Crippen molar-refractivity contribution in [1.29, 1.82) is 0 Å². The van der Waals surface area contributed by atoms with E-state index in [1.807, 2.05) is 18.2 Å². The molecule has 3 aromatic rings. The molecule has 0 aliphatic carbocycles. The third kappa shape index (κ3) is 6.55. The molecule has 0 aliphatic rings. The van der Waals surface area contributed by atoms with Crippen LogP contribution in [-0.4, -0.2) is 35.6 Å². The highest BCUT2D eigenvalue weighted by molar-refractivity contribution is 7.92. The monoisotopic (exact) mass is 439 g/mol. The number of halogens is 3. The molecule has 2 heterocycles. The fraction of sp³-hybridized carbons (Fsp3) is 0.105. The van der Waals surface area contributed by atoms with E-state index in [4.69, 9.17) is 9.90 Å². The quantitative estimate of drug-likeness (QED) is 0.639. The first-order chi connectivity index (χ1) is 14.0. The summed E-state index contributed by atoms with van der Waals surface area (Å²) in [5, 5.41) is 7.12. The number of carboxylic acids is 1. The zero-order chi connectivity index (χ0) is 22.4.